The van der Waals surface area contributed by atoms with E-state index in [1.807, 2.05) is 30.3 Å². The first-order chi connectivity index (χ1) is 12.1. The Morgan fingerprint density at radius 1 is 1.16 bits per heavy atom. The predicted octanol–water partition coefficient (Wildman–Crippen LogP) is 4.16. The Morgan fingerprint density at radius 3 is 2.56 bits per heavy atom. The number of nitrogens with zero attached hydrogens (tertiary/aromatic N) is 1. The molecular formula is C21H26FNO2. The molecule has 0 aliphatic carbocycles. The number of aliphatic hydroxyl groups is 1. The molecule has 0 aromatic heterocycles. The summed E-state index contributed by atoms with van der Waals surface area (Å²) in [7, 11) is 1.65. The van der Waals surface area contributed by atoms with Crippen LogP contribution in [0.2, 0.25) is 0 Å². The summed E-state index contributed by atoms with van der Waals surface area (Å²) in [6.45, 7) is 5.57. The molecule has 0 radical (unpaired) electrons. The van der Waals surface area contributed by atoms with Gasteiger partial charge in [-0.05, 0) is 48.2 Å². The Kier molecular flexibility index (Phi) is 7.64. The van der Waals surface area contributed by atoms with Crippen LogP contribution in [0.4, 0.5) is 4.39 Å². The van der Waals surface area contributed by atoms with Crippen molar-refractivity contribution in [1.82, 2.24) is 4.90 Å². The van der Waals surface area contributed by atoms with Crippen molar-refractivity contribution in [2.45, 2.75) is 32.0 Å². The van der Waals surface area contributed by atoms with Gasteiger partial charge in [0.25, 0.3) is 0 Å². The normalized spacial score (nSPS) is 12.2. The van der Waals surface area contributed by atoms with Crippen LogP contribution in [-0.2, 0) is 13.1 Å². The fourth-order valence-electron chi connectivity index (χ4n) is 2.76. The zero-order chi connectivity index (χ0) is 18.1. The van der Waals surface area contributed by atoms with Crippen molar-refractivity contribution in [3.05, 3.63) is 78.1 Å². The van der Waals surface area contributed by atoms with Gasteiger partial charge in [0.15, 0.2) is 0 Å². The highest BCUT2D eigenvalue weighted by atomic mass is 19.1. The van der Waals surface area contributed by atoms with Crippen molar-refractivity contribution in [2.24, 2.45) is 0 Å². The van der Waals surface area contributed by atoms with Crippen molar-refractivity contribution >= 4 is 0 Å². The Balaban J connectivity index is 2.09. The van der Waals surface area contributed by atoms with Crippen LogP contribution in [0.15, 0.2) is 61.2 Å². The number of aliphatic hydroxyl groups excluding tert-OH is 1. The molecule has 2 aromatic rings. The molecule has 134 valence electrons. The van der Waals surface area contributed by atoms with Crippen LogP contribution < -0.4 is 4.74 Å². The number of hydrogen-bond acceptors (Lipinski definition) is 3. The summed E-state index contributed by atoms with van der Waals surface area (Å²) in [5.41, 5.74) is 2.12. The van der Waals surface area contributed by atoms with Gasteiger partial charge in [-0.1, -0.05) is 30.3 Å². The average molecular weight is 343 g/mol. The fourth-order valence-corrected chi connectivity index (χ4v) is 2.76. The summed E-state index contributed by atoms with van der Waals surface area (Å²) in [6.07, 6.45) is 2.85. The van der Waals surface area contributed by atoms with E-state index in [0.29, 0.717) is 26.1 Å². The Morgan fingerprint density at radius 2 is 1.88 bits per heavy atom. The molecule has 0 bridgehead atoms. The minimum Gasteiger partial charge on any atom is -0.497 e. The Bertz CT molecular complexity index is 657. The van der Waals surface area contributed by atoms with Crippen LogP contribution in [0, 0.1) is 5.82 Å². The number of ether oxygens (including phenoxy) is 1. The van der Waals surface area contributed by atoms with Crippen molar-refractivity contribution < 1.29 is 14.2 Å². The molecule has 0 heterocycles. The molecule has 4 heteroatoms. The highest BCUT2D eigenvalue weighted by molar-refractivity contribution is 5.28. The summed E-state index contributed by atoms with van der Waals surface area (Å²) in [4.78, 5) is 2.16. The van der Waals surface area contributed by atoms with Crippen molar-refractivity contribution in [1.29, 1.82) is 0 Å². The van der Waals surface area contributed by atoms with Gasteiger partial charge in [-0.2, -0.15) is 0 Å². The van der Waals surface area contributed by atoms with Gasteiger partial charge in [0, 0.05) is 19.6 Å². The van der Waals surface area contributed by atoms with Gasteiger partial charge in [-0.25, -0.2) is 4.39 Å². The van der Waals surface area contributed by atoms with E-state index < -0.39 is 6.10 Å². The number of benzene rings is 2. The SMILES string of the molecule is C=CCC[C@H](O)CN(Cc1ccc(F)cc1)Cc1cccc(OC)c1. The molecule has 1 N–H and O–H groups in total. The maximum Gasteiger partial charge on any atom is 0.123 e. The number of allylic oxidation sites excluding steroid dienone is 1. The lowest BCUT2D eigenvalue weighted by Gasteiger charge is -2.25. The largest absolute Gasteiger partial charge is 0.497 e. The molecule has 3 nitrogen and oxygen atoms in total. The maximum atomic E-state index is 13.1. The van der Waals surface area contributed by atoms with Gasteiger partial charge in [-0.15, -0.1) is 6.58 Å². The quantitative estimate of drug-likeness (QED) is 0.658. The van der Waals surface area contributed by atoms with Crippen LogP contribution in [0.5, 0.6) is 5.75 Å². The molecule has 0 spiro atoms. The lowest BCUT2D eigenvalue weighted by Crippen LogP contribution is -2.31. The summed E-state index contributed by atoms with van der Waals surface area (Å²) >= 11 is 0. The second-order valence-corrected chi connectivity index (χ2v) is 6.17. The van der Waals surface area contributed by atoms with Gasteiger partial charge in [0.05, 0.1) is 13.2 Å². The highest BCUT2D eigenvalue weighted by Crippen LogP contribution is 2.17. The lowest BCUT2D eigenvalue weighted by molar-refractivity contribution is 0.0983. The number of rotatable bonds is 10. The molecular weight excluding hydrogens is 317 g/mol. The molecule has 2 aromatic carbocycles. The van der Waals surface area contributed by atoms with E-state index in [0.717, 1.165) is 23.3 Å². The summed E-state index contributed by atoms with van der Waals surface area (Å²) in [5, 5.41) is 10.3. The molecule has 25 heavy (non-hydrogen) atoms. The van der Waals surface area contributed by atoms with E-state index in [-0.39, 0.29) is 5.82 Å². The molecule has 2 rings (SSSR count). The van der Waals surface area contributed by atoms with E-state index in [2.05, 4.69) is 11.5 Å². The van der Waals surface area contributed by atoms with E-state index in [1.165, 1.54) is 12.1 Å². The molecule has 0 amide bonds. The first-order valence-electron chi connectivity index (χ1n) is 8.49. The van der Waals surface area contributed by atoms with Gasteiger partial charge in [0.2, 0.25) is 0 Å². The third-order valence-corrected chi connectivity index (χ3v) is 4.03. The Labute approximate surface area is 149 Å². The first kappa shape index (κ1) is 19.2. The highest BCUT2D eigenvalue weighted by Gasteiger charge is 2.13. The van der Waals surface area contributed by atoms with Gasteiger partial charge in [-0.3, -0.25) is 4.90 Å². The van der Waals surface area contributed by atoms with Crippen LogP contribution in [-0.4, -0.2) is 29.8 Å². The zero-order valence-electron chi connectivity index (χ0n) is 14.7. The molecule has 1 atom stereocenters. The topological polar surface area (TPSA) is 32.7 Å². The summed E-state index contributed by atoms with van der Waals surface area (Å²) in [6, 6.07) is 14.4. The third-order valence-electron chi connectivity index (χ3n) is 4.03. The lowest BCUT2D eigenvalue weighted by atomic mass is 10.1. The van der Waals surface area contributed by atoms with E-state index in [9.17, 15) is 9.50 Å². The van der Waals surface area contributed by atoms with E-state index in [4.69, 9.17) is 4.74 Å². The van der Waals surface area contributed by atoms with Crippen LogP contribution >= 0.6 is 0 Å². The van der Waals surface area contributed by atoms with Crippen molar-refractivity contribution in [3.63, 3.8) is 0 Å². The molecule has 0 saturated heterocycles. The smallest absolute Gasteiger partial charge is 0.123 e. The van der Waals surface area contributed by atoms with Crippen LogP contribution in [0.1, 0.15) is 24.0 Å². The minimum absolute atomic E-state index is 0.242. The monoisotopic (exact) mass is 343 g/mol. The summed E-state index contributed by atoms with van der Waals surface area (Å²) in [5.74, 6) is 0.570. The molecule has 0 fully saturated rings. The van der Waals surface area contributed by atoms with Gasteiger partial charge in [0.1, 0.15) is 11.6 Å². The predicted molar refractivity (Wildman–Crippen MR) is 98.9 cm³/mol. The second-order valence-electron chi connectivity index (χ2n) is 6.17. The molecule has 0 saturated carbocycles. The maximum absolute atomic E-state index is 13.1. The molecule has 0 aliphatic rings. The van der Waals surface area contributed by atoms with Crippen molar-refractivity contribution in [3.8, 4) is 5.75 Å². The van der Waals surface area contributed by atoms with Crippen LogP contribution in [0.25, 0.3) is 0 Å². The number of methoxy groups -OCH3 is 1. The van der Waals surface area contributed by atoms with E-state index in [1.54, 1.807) is 19.2 Å². The van der Waals surface area contributed by atoms with Crippen LogP contribution in [0.3, 0.4) is 0 Å². The third kappa shape index (κ3) is 6.69. The van der Waals surface area contributed by atoms with Crippen molar-refractivity contribution in [2.75, 3.05) is 13.7 Å². The fraction of sp³-hybridized carbons (Fsp3) is 0.333. The Hall–Kier alpha value is -2.17. The average Bonchev–Trinajstić information content (AvgIpc) is 2.62. The number of hydrogen-bond donors (Lipinski definition) is 1. The first-order valence-corrected chi connectivity index (χ1v) is 8.49. The van der Waals surface area contributed by atoms with E-state index >= 15 is 0 Å². The minimum atomic E-state index is -0.427. The summed E-state index contributed by atoms with van der Waals surface area (Å²) < 4.78 is 18.4. The second kappa shape index (κ2) is 9.97. The molecule has 0 aliphatic heterocycles. The molecule has 0 unspecified atom stereocenters. The standard InChI is InChI=1S/C21H26FNO2/c1-3-4-7-20(24)16-23(14-17-9-11-19(22)12-10-17)15-18-6-5-8-21(13-18)25-2/h3,5-6,8-13,20,24H,1,4,7,14-16H2,2H3/t20-/m0/s1. The van der Waals surface area contributed by atoms with Gasteiger partial charge >= 0.3 is 0 Å². The zero-order valence-corrected chi connectivity index (χ0v) is 14.7. The van der Waals surface area contributed by atoms with Gasteiger partial charge < -0.3 is 9.84 Å². The number of halogens is 1.